The summed E-state index contributed by atoms with van der Waals surface area (Å²) in [6.07, 6.45) is 10.2. The first-order chi connectivity index (χ1) is 18.4. The van der Waals surface area contributed by atoms with Crippen LogP contribution in [0.2, 0.25) is 0 Å². The van der Waals surface area contributed by atoms with Gasteiger partial charge in [0.05, 0.1) is 17.2 Å². The van der Waals surface area contributed by atoms with Crippen molar-refractivity contribution in [2.24, 2.45) is 23.2 Å². The second-order valence-corrected chi connectivity index (χ2v) is 14.4. The van der Waals surface area contributed by atoms with E-state index in [0.717, 1.165) is 44.1 Å². The molecule has 12 heteroatoms. The van der Waals surface area contributed by atoms with E-state index in [1.165, 1.54) is 0 Å². The Morgan fingerprint density at radius 2 is 2.03 bits per heavy atom. The Kier molecular flexibility index (Phi) is 6.20. The highest BCUT2D eigenvalue weighted by molar-refractivity contribution is 7.91. The molecule has 0 aromatic carbocycles. The number of hydrogen-bond acceptors (Lipinski definition) is 6. The summed E-state index contributed by atoms with van der Waals surface area (Å²) < 4.78 is 51.0. The Labute approximate surface area is 227 Å². The van der Waals surface area contributed by atoms with Crippen LogP contribution in [-0.2, 0) is 27.6 Å². The number of carbonyl (C=O) groups is 2. The van der Waals surface area contributed by atoms with Crippen molar-refractivity contribution in [2.75, 3.05) is 30.4 Å². The van der Waals surface area contributed by atoms with Crippen molar-refractivity contribution >= 4 is 27.5 Å². The topological polar surface area (TPSA) is 113 Å². The van der Waals surface area contributed by atoms with Gasteiger partial charge in [-0.05, 0) is 37.2 Å². The number of nitrogens with one attached hydrogen (secondary N) is 2. The lowest BCUT2D eigenvalue weighted by Gasteiger charge is -2.49. The third kappa shape index (κ3) is 4.68. The number of hydrogen-bond donors (Lipinski definition) is 2. The third-order valence-corrected chi connectivity index (χ3v) is 10.2. The van der Waals surface area contributed by atoms with Crippen LogP contribution in [-0.4, -0.2) is 72.0 Å². The molecule has 6 rings (SSSR count). The second-order valence-electron chi connectivity index (χ2n) is 12.3. The van der Waals surface area contributed by atoms with Gasteiger partial charge in [0.2, 0.25) is 12.3 Å². The maximum atomic E-state index is 13.7. The lowest BCUT2D eigenvalue weighted by atomic mass is 9.63. The summed E-state index contributed by atoms with van der Waals surface area (Å²) in [6, 6.07) is 0. The molecular weight excluding hydrogens is 528 g/mol. The van der Waals surface area contributed by atoms with E-state index in [-0.39, 0.29) is 17.6 Å². The molecule has 3 fully saturated rings. The van der Waals surface area contributed by atoms with Crippen LogP contribution in [0.15, 0.2) is 23.9 Å². The molecule has 1 spiro atoms. The molecule has 1 aromatic heterocycles. The van der Waals surface area contributed by atoms with Gasteiger partial charge in [0.1, 0.15) is 17.1 Å². The van der Waals surface area contributed by atoms with Gasteiger partial charge in [-0.25, -0.2) is 21.9 Å². The Balaban J connectivity index is 1.26. The van der Waals surface area contributed by atoms with E-state index < -0.39 is 44.8 Å². The van der Waals surface area contributed by atoms with Gasteiger partial charge in [-0.3, -0.25) is 9.59 Å². The summed E-state index contributed by atoms with van der Waals surface area (Å²) in [5, 5.41) is 10.8. The van der Waals surface area contributed by atoms with Crippen molar-refractivity contribution in [1.29, 1.82) is 0 Å². The minimum atomic E-state index is -3.54. The van der Waals surface area contributed by atoms with Crippen molar-refractivity contribution in [3.05, 3.63) is 35.2 Å². The summed E-state index contributed by atoms with van der Waals surface area (Å²) >= 11 is 0. The Hall–Kier alpha value is -2.76. The number of fused-ring (bicyclic) bond motifs is 3. The van der Waals surface area contributed by atoms with Gasteiger partial charge >= 0.3 is 0 Å². The molecule has 3 aliphatic carbocycles. The molecule has 0 radical (unpaired) electrons. The normalized spacial score (nSPS) is 30.2. The fraction of sp³-hybridized carbons (Fsp3) is 0.667. The number of amides is 2. The van der Waals surface area contributed by atoms with Crippen LogP contribution in [0.5, 0.6) is 0 Å². The van der Waals surface area contributed by atoms with E-state index >= 15 is 0 Å². The van der Waals surface area contributed by atoms with Crippen LogP contribution in [0.1, 0.15) is 55.1 Å². The molecule has 9 nitrogen and oxygen atoms in total. The van der Waals surface area contributed by atoms with Crippen molar-refractivity contribution in [2.45, 2.75) is 64.0 Å². The average Bonchev–Trinajstić information content (AvgIpc) is 3.51. The molecule has 1 saturated heterocycles. The number of sulfone groups is 1. The third-order valence-electron chi connectivity index (χ3n) is 9.46. The quantitative estimate of drug-likeness (QED) is 0.503. The van der Waals surface area contributed by atoms with Crippen LogP contribution in [0.25, 0.3) is 0 Å². The standard InChI is InChI=1S/C27H35F2N5O4S/c1-26-8-6-19(33-13-17(14-33)23(28)29)11-18(26)5-9-27(26)12-20-22(25(36)31-27)24(30-21(35)15-39(2,37)38)34(32-20)10-7-16-3-4-16/h6,8,11,16-18,23H,3-5,7,9-10,12-15H2,1-2H3,(H,30,35)(H,31,36)/t18?,26?,27-/m1/s1. The van der Waals surface area contributed by atoms with E-state index in [2.05, 4.69) is 29.7 Å². The highest BCUT2D eigenvalue weighted by Crippen LogP contribution is 2.57. The first-order valence-electron chi connectivity index (χ1n) is 13.7. The lowest BCUT2D eigenvalue weighted by Crippen LogP contribution is -2.61. The maximum Gasteiger partial charge on any atom is 0.257 e. The number of rotatable bonds is 8. The molecule has 2 N–H and O–H groups in total. The van der Waals surface area contributed by atoms with Crippen LogP contribution >= 0.6 is 0 Å². The molecule has 5 aliphatic rings. The number of anilines is 1. The van der Waals surface area contributed by atoms with E-state index in [1.54, 1.807) is 4.68 Å². The number of nitrogens with zero attached hydrogens (tertiary/aromatic N) is 3. The largest absolute Gasteiger partial charge is 0.371 e. The number of halogens is 2. The first-order valence-corrected chi connectivity index (χ1v) is 15.8. The molecule has 3 atom stereocenters. The van der Waals surface area contributed by atoms with Gasteiger partial charge in [-0.2, -0.15) is 5.10 Å². The minimum Gasteiger partial charge on any atom is -0.371 e. The Morgan fingerprint density at radius 1 is 1.28 bits per heavy atom. The van der Waals surface area contributed by atoms with Crippen LogP contribution in [0, 0.1) is 23.2 Å². The fourth-order valence-electron chi connectivity index (χ4n) is 6.85. The Bertz CT molecular complexity index is 1380. The molecule has 2 amide bonds. The SMILES string of the molecule is CC12C=CC(N3CC(C(F)F)C3)=CC1CC[C@@]21Cc2nn(CCC3CC3)c(NC(=O)CS(C)(=O)=O)c2C(=O)N1. The zero-order valence-corrected chi connectivity index (χ0v) is 23.1. The fourth-order valence-corrected chi connectivity index (χ4v) is 7.39. The molecule has 212 valence electrons. The number of carbonyl (C=O) groups excluding carboxylic acids is 2. The van der Waals surface area contributed by atoms with Gasteiger partial charge < -0.3 is 15.5 Å². The molecule has 3 heterocycles. The van der Waals surface area contributed by atoms with E-state index in [4.69, 9.17) is 5.10 Å². The van der Waals surface area contributed by atoms with Crippen molar-refractivity contribution in [1.82, 2.24) is 20.0 Å². The monoisotopic (exact) mass is 563 g/mol. The minimum absolute atomic E-state index is 0.135. The van der Waals surface area contributed by atoms with Gasteiger partial charge in [-0.15, -0.1) is 0 Å². The number of aromatic nitrogens is 2. The predicted octanol–water partition coefficient (Wildman–Crippen LogP) is 2.76. The smallest absolute Gasteiger partial charge is 0.257 e. The number of allylic oxidation sites excluding steroid dienone is 2. The van der Waals surface area contributed by atoms with E-state index in [0.29, 0.717) is 43.2 Å². The van der Waals surface area contributed by atoms with Crippen molar-refractivity contribution in [3.8, 4) is 0 Å². The summed E-state index contributed by atoms with van der Waals surface area (Å²) in [5.74, 6) is -1.26. The van der Waals surface area contributed by atoms with Gasteiger partial charge in [-0.1, -0.05) is 31.9 Å². The van der Waals surface area contributed by atoms with Crippen LogP contribution < -0.4 is 10.6 Å². The zero-order valence-electron chi connectivity index (χ0n) is 22.3. The van der Waals surface area contributed by atoms with Gasteiger partial charge in [0.15, 0.2) is 9.84 Å². The first kappa shape index (κ1) is 26.5. The molecule has 0 bridgehead atoms. The molecule has 39 heavy (non-hydrogen) atoms. The van der Waals surface area contributed by atoms with Gasteiger partial charge in [0.25, 0.3) is 5.91 Å². The Morgan fingerprint density at radius 3 is 2.69 bits per heavy atom. The number of alkyl halides is 2. The van der Waals surface area contributed by atoms with Gasteiger partial charge in [0, 0.05) is 43.4 Å². The summed E-state index contributed by atoms with van der Waals surface area (Å²) in [7, 11) is -3.54. The highest BCUT2D eigenvalue weighted by atomic mass is 32.2. The van der Waals surface area contributed by atoms with Crippen molar-refractivity contribution in [3.63, 3.8) is 0 Å². The average molecular weight is 564 g/mol. The lowest BCUT2D eigenvalue weighted by molar-refractivity contribution is -0.113. The molecule has 2 saturated carbocycles. The molecule has 1 aromatic rings. The number of likely N-dealkylation sites (tertiary alicyclic amines) is 1. The van der Waals surface area contributed by atoms with Crippen LogP contribution in [0.4, 0.5) is 14.6 Å². The summed E-state index contributed by atoms with van der Waals surface area (Å²) in [6.45, 7) is 3.38. The zero-order chi connectivity index (χ0) is 27.7. The number of aryl methyl sites for hydroxylation is 1. The van der Waals surface area contributed by atoms with E-state index in [1.807, 2.05) is 11.0 Å². The predicted molar refractivity (Wildman–Crippen MR) is 141 cm³/mol. The maximum absolute atomic E-state index is 13.7. The summed E-state index contributed by atoms with van der Waals surface area (Å²) in [5.41, 5.74) is 0.907. The van der Waals surface area contributed by atoms with Crippen molar-refractivity contribution < 1.29 is 26.8 Å². The van der Waals surface area contributed by atoms with Crippen LogP contribution in [0.3, 0.4) is 0 Å². The second kappa shape index (κ2) is 9.14. The molecule has 2 aliphatic heterocycles. The highest BCUT2D eigenvalue weighted by Gasteiger charge is 2.59. The summed E-state index contributed by atoms with van der Waals surface area (Å²) in [4.78, 5) is 28.2. The molecule has 2 unspecified atom stereocenters. The molecular formula is C27H35F2N5O4S. The van der Waals surface area contributed by atoms with E-state index in [9.17, 15) is 26.8 Å².